The first-order valence-corrected chi connectivity index (χ1v) is 8.38. The molecule has 0 aliphatic carbocycles. The molecule has 96 valence electrons. The monoisotopic (exact) mass is 387 g/mol. The van der Waals surface area contributed by atoms with E-state index in [4.69, 9.17) is 0 Å². The van der Waals surface area contributed by atoms with Crippen molar-refractivity contribution in [1.82, 2.24) is 5.32 Å². The third kappa shape index (κ3) is 3.67. The highest BCUT2D eigenvalue weighted by Crippen LogP contribution is 2.29. The van der Waals surface area contributed by atoms with Crippen LogP contribution in [0.25, 0.3) is 0 Å². The lowest BCUT2D eigenvalue weighted by Gasteiger charge is -2.18. The Bertz CT molecular complexity index is 510. The van der Waals surface area contributed by atoms with Crippen molar-refractivity contribution in [2.24, 2.45) is 0 Å². The summed E-state index contributed by atoms with van der Waals surface area (Å²) in [4.78, 5) is 1.39. The van der Waals surface area contributed by atoms with E-state index >= 15 is 0 Å². The fourth-order valence-corrected chi connectivity index (χ4v) is 3.91. The van der Waals surface area contributed by atoms with Gasteiger partial charge in [0.2, 0.25) is 0 Å². The average Bonchev–Trinajstić information content (AvgIpc) is 2.74. The van der Waals surface area contributed by atoms with Crippen LogP contribution in [0, 0.1) is 0 Å². The minimum Gasteiger partial charge on any atom is -0.310 e. The lowest BCUT2D eigenvalue weighted by atomic mass is 10.0. The zero-order valence-corrected chi connectivity index (χ0v) is 14.1. The Morgan fingerprint density at radius 3 is 2.72 bits per heavy atom. The van der Waals surface area contributed by atoms with Crippen LogP contribution in [0.4, 0.5) is 0 Å². The lowest BCUT2D eigenvalue weighted by Crippen LogP contribution is -2.22. The van der Waals surface area contributed by atoms with E-state index in [1.807, 2.05) is 0 Å². The minimum absolute atomic E-state index is 0.363. The van der Waals surface area contributed by atoms with E-state index in [0.29, 0.717) is 6.04 Å². The molecule has 18 heavy (non-hydrogen) atoms. The number of nitrogens with one attached hydrogen (secondary N) is 1. The molecule has 1 aromatic heterocycles. The topological polar surface area (TPSA) is 12.0 Å². The summed E-state index contributed by atoms with van der Waals surface area (Å²) in [5, 5.41) is 5.68. The standard InChI is InChI=1S/C14H15Br2NS/c1-2-17-13(9-14-12(16)6-7-18-14)10-4-3-5-11(15)8-10/h3-8,13,17H,2,9H2,1H3. The Kier molecular flexibility index (Phi) is 5.42. The quantitative estimate of drug-likeness (QED) is 0.745. The summed E-state index contributed by atoms with van der Waals surface area (Å²) < 4.78 is 2.35. The first kappa shape index (κ1) is 14.3. The second-order valence-electron chi connectivity index (χ2n) is 4.06. The van der Waals surface area contributed by atoms with Crippen molar-refractivity contribution in [3.05, 3.63) is 55.1 Å². The fourth-order valence-electron chi connectivity index (χ4n) is 1.93. The van der Waals surface area contributed by atoms with Gasteiger partial charge in [0.15, 0.2) is 0 Å². The number of thiophene rings is 1. The Balaban J connectivity index is 2.20. The molecular formula is C14H15Br2NS. The minimum atomic E-state index is 0.363. The molecule has 2 aromatic rings. The molecule has 1 atom stereocenters. The van der Waals surface area contributed by atoms with Gasteiger partial charge in [-0.3, -0.25) is 0 Å². The molecule has 0 fully saturated rings. The third-order valence-electron chi connectivity index (χ3n) is 2.78. The van der Waals surface area contributed by atoms with Gasteiger partial charge in [0.05, 0.1) is 0 Å². The number of halogens is 2. The van der Waals surface area contributed by atoms with Gasteiger partial charge in [0, 0.05) is 26.3 Å². The maximum Gasteiger partial charge on any atom is 0.0369 e. The van der Waals surface area contributed by atoms with Crippen LogP contribution in [0.3, 0.4) is 0 Å². The third-order valence-corrected chi connectivity index (χ3v) is 5.22. The van der Waals surface area contributed by atoms with Gasteiger partial charge in [0.1, 0.15) is 0 Å². The van der Waals surface area contributed by atoms with Crippen LogP contribution in [0.15, 0.2) is 44.7 Å². The van der Waals surface area contributed by atoms with Crippen LogP contribution in [-0.4, -0.2) is 6.54 Å². The molecule has 0 saturated carbocycles. The molecule has 1 aromatic carbocycles. The van der Waals surface area contributed by atoms with Gasteiger partial charge in [-0.1, -0.05) is 35.0 Å². The van der Waals surface area contributed by atoms with Gasteiger partial charge < -0.3 is 5.32 Å². The first-order valence-electron chi connectivity index (χ1n) is 5.91. The van der Waals surface area contributed by atoms with Crippen molar-refractivity contribution < 1.29 is 0 Å². The van der Waals surface area contributed by atoms with Crippen LogP contribution >= 0.6 is 43.2 Å². The van der Waals surface area contributed by atoms with E-state index in [2.05, 4.69) is 79.8 Å². The molecule has 0 aliphatic rings. The molecule has 0 saturated heterocycles. The molecule has 1 N–H and O–H groups in total. The van der Waals surface area contributed by atoms with Gasteiger partial charge >= 0.3 is 0 Å². The molecule has 1 unspecified atom stereocenters. The highest BCUT2D eigenvalue weighted by atomic mass is 79.9. The fraction of sp³-hybridized carbons (Fsp3) is 0.286. The van der Waals surface area contributed by atoms with E-state index in [1.54, 1.807) is 11.3 Å². The van der Waals surface area contributed by atoms with E-state index in [0.717, 1.165) is 17.4 Å². The lowest BCUT2D eigenvalue weighted by molar-refractivity contribution is 0.552. The molecule has 0 radical (unpaired) electrons. The number of hydrogen-bond donors (Lipinski definition) is 1. The van der Waals surface area contributed by atoms with Gasteiger partial charge in [-0.15, -0.1) is 11.3 Å². The zero-order valence-electron chi connectivity index (χ0n) is 10.1. The summed E-state index contributed by atoms with van der Waals surface area (Å²) in [6.07, 6.45) is 1.02. The first-order chi connectivity index (χ1) is 8.70. The predicted octanol–water partition coefficient (Wildman–Crippen LogP) is 5.17. The Morgan fingerprint density at radius 2 is 2.11 bits per heavy atom. The van der Waals surface area contributed by atoms with Crippen molar-refractivity contribution in [3.8, 4) is 0 Å². The van der Waals surface area contributed by atoms with Crippen LogP contribution in [0.2, 0.25) is 0 Å². The number of hydrogen-bond acceptors (Lipinski definition) is 2. The molecule has 0 bridgehead atoms. The van der Waals surface area contributed by atoms with E-state index < -0.39 is 0 Å². The number of likely N-dealkylation sites (N-methyl/N-ethyl adjacent to an activating group) is 1. The van der Waals surface area contributed by atoms with Crippen LogP contribution in [-0.2, 0) is 6.42 Å². The molecule has 0 spiro atoms. The van der Waals surface area contributed by atoms with E-state index in [-0.39, 0.29) is 0 Å². The Labute approximate surface area is 129 Å². The highest BCUT2D eigenvalue weighted by molar-refractivity contribution is 9.10. The predicted molar refractivity (Wildman–Crippen MR) is 86.3 cm³/mol. The molecule has 0 aliphatic heterocycles. The smallest absolute Gasteiger partial charge is 0.0369 e. The molecule has 1 heterocycles. The van der Waals surface area contributed by atoms with E-state index in [1.165, 1.54) is 14.9 Å². The normalized spacial score (nSPS) is 12.6. The van der Waals surface area contributed by atoms with Gasteiger partial charge in [0.25, 0.3) is 0 Å². The molecule has 2 rings (SSSR count). The summed E-state index contributed by atoms with van der Waals surface area (Å²) in [7, 11) is 0. The Morgan fingerprint density at radius 1 is 1.28 bits per heavy atom. The number of benzene rings is 1. The van der Waals surface area contributed by atoms with Crippen molar-refractivity contribution >= 4 is 43.2 Å². The second kappa shape index (κ2) is 6.85. The SMILES string of the molecule is CCNC(Cc1sccc1Br)c1cccc(Br)c1. The molecule has 1 nitrogen and oxygen atoms in total. The zero-order chi connectivity index (χ0) is 13.0. The van der Waals surface area contributed by atoms with Crippen molar-refractivity contribution in [2.75, 3.05) is 6.54 Å². The van der Waals surface area contributed by atoms with Gasteiger partial charge in [-0.05, 0) is 51.6 Å². The van der Waals surface area contributed by atoms with Crippen molar-refractivity contribution in [1.29, 1.82) is 0 Å². The molecule has 0 amide bonds. The summed E-state index contributed by atoms with van der Waals surface area (Å²) in [6, 6.07) is 11.0. The van der Waals surface area contributed by atoms with Gasteiger partial charge in [-0.25, -0.2) is 0 Å². The highest BCUT2D eigenvalue weighted by Gasteiger charge is 2.13. The largest absolute Gasteiger partial charge is 0.310 e. The summed E-state index contributed by atoms with van der Waals surface area (Å²) >= 11 is 8.95. The van der Waals surface area contributed by atoms with E-state index in [9.17, 15) is 0 Å². The van der Waals surface area contributed by atoms with Crippen LogP contribution in [0.1, 0.15) is 23.4 Å². The summed E-state index contributed by atoms with van der Waals surface area (Å²) in [5.74, 6) is 0. The molecule has 4 heteroatoms. The molecular weight excluding hydrogens is 374 g/mol. The maximum absolute atomic E-state index is 3.61. The van der Waals surface area contributed by atoms with Crippen LogP contribution < -0.4 is 5.32 Å². The average molecular weight is 389 g/mol. The van der Waals surface area contributed by atoms with Crippen LogP contribution in [0.5, 0.6) is 0 Å². The maximum atomic E-state index is 3.61. The summed E-state index contributed by atoms with van der Waals surface area (Å²) in [5.41, 5.74) is 1.33. The Hall–Kier alpha value is -0.160. The van der Waals surface area contributed by atoms with Crippen molar-refractivity contribution in [2.45, 2.75) is 19.4 Å². The summed E-state index contributed by atoms with van der Waals surface area (Å²) in [6.45, 7) is 3.12. The number of rotatable bonds is 5. The van der Waals surface area contributed by atoms with Gasteiger partial charge in [-0.2, -0.15) is 0 Å². The second-order valence-corrected chi connectivity index (χ2v) is 6.83. The van der Waals surface area contributed by atoms with Crippen molar-refractivity contribution in [3.63, 3.8) is 0 Å².